The summed E-state index contributed by atoms with van der Waals surface area (Å²) in [6.07, 6.45) is 0. The van der Waals surface area contributed by atoms with Gasteiger partial charge in [0.1, 0.15) is 5.82 Å². The zero-order chi connectivity index (χ0) is 9.59. The summed E-state index contributed by atoms with van der Waals surface area (Å²) in [7, 11) is 0. The van der Waals surface area contributed by atoms with Crippen LogP contribution in [0, 0.1) is 5.82 Å². The zero-order valence-electron chi connectivity index (χ0n) is 6.23. The Balaban J connectivity index is 2.70. The molecular weight excluding hydrogens is 241 g/mol. The quantitative estimate of drug-likeness (QED) is 0.706. The summed E-state index contributed by atoms with van der Waals surface area (Å²) in [5, 5.41) is 2.28. The van der Waals surface area contributed by atoms with Gasteiger partial charge in [-0.25, -0.2) is 4.39 Å². The number of hydrogen-bond donors (Lipinski definition) is 1. The van der Waals surface area contributed by atoms with E-state index < -0.39 is 17.5 Å². The van der Waals surface area contributed by atoms with Crippen LogP contribution in [0.2, 0.25) is 0 Å². The fourth-order valence-electron chi connectivity index (χ4n) is 1.15. The molecule has 2 rings (SSSR count). The average molecular weight is 244 g/mol. The molecule has 13 heavy (non-hydrogen) atoms. The van der Waals surface area contributed by atoms with E-state index in [1.165, 1.54) is 6.07 Å². The molecule has 1 heterocycles. The highest BCUT2D eigenvalue weighted by molar-refractivity contribution is 9.10. The Labute approximate surface area is 81.1 Å². The van der Waals surface area contributed by atoms with Crippen LogP contribution in [-0.2, 0) is 4.79 Å². The van der Waals surface area contributed by atoms with Crippen LogP contribution in [0.5, 0.6) is 0 Å². The van der Waals surface area contributed by atoms with Crippen LogP contribution in [0.25, 0.3) is 0 Å². The molecule has 0 saturated heterocycles. The van der Waals surface area contributed by atoms with E-state index in [4.69, 9.17) is 0 Å². The third kappa shape index (κ3) is 1.07. The molecule has 1 amide bonds. The molecule has 0 aliphatic carbocycles. The highest BCUT2D eigenvalue weighted by Gasteiger charge is 2.30. The molecule has 0 fully saturated rings. The minimum atomic E-state index is -0.721. The normalized spacial score (nSPS) is 14.3. The number of hydrogen-bond acceptors (Lipinski definition) is 2. The molecule has 1 N–H and O–H groups in total. The van der Waals surface area contributed by atoms with Gasteiger partial charge in [-0.1, -0.05) is 0 Å². The SMILES string of the molecule is O=C1Nc2c(ccc(F)c2Br)C1=O. The highest BCUT2D eigenvalue weighted by atomic mass is 79.9. The molecule has 1 aliphatic heterocycles. The second-order valence-electron chi connectivity index (χ2n) is 2.57. The summed E-state index contributed by atoms with van der Waals surface area (Å²) < 4.78 is 13.0. The summed E-state index contributed by atoms with van der Waals surface area (Å²) in [5.74, 6) is -1.86. The van der Waals surface area contributed by atoms with Gasteiger partial charge in [-0.2, -0.15) is 0 Å². The van der Waals surface area contributed by atoms with Gasteiger partial charge in [-0.3, -0.25) is 9.59 Å². The van der Waals surface area contributed by atoms with Gasteiger partial charge in [0.2, 0.25) is 0 Å². The van der Waals surface area contributed by atoms with Crippen molar-refractivity contribution in [2.24, 2.45) is 0 Å². The predicted octanol–water partition coefficient (Wildman–Crippen LogP) is 1.72. The van der Waals surface area contributed by atoms with E-state index >= 15 is 0 Å². The van der Waals surface area contributed by atoms with Crippen LogP contribution in [0.4, 0.5) is 10.1 Å². The smallest absolute Gasteiger partial charge is 0.296 e. The van der Waals surface area contributed by atoms with Gasteiger partial charge < -0.3 is 5.32 Å². The molecule has 0 spiro atoms. The maximum absolute atomic E-state index is 12.9. The van der Waals surface area contributed by atoms with Gasteiger partial charge in [-0.15, -0.1) is 0 Å². The van der Waals surface area contributed by atoms with Crippen molar-refractivity contribution in [1.82, 2.24) is 0 Å². The molecular formula is C8H3BrFNO2. The number of halogens is 2. The molecule has 0 bridgehead atoms. The molecule has 1 aliphatic rings. The molecule has 0 radical (unpaired) electrons. The second kappa shape index (κ2) is 2.63. The Morgan fingerprint density at radius 2 is 2.00 bits per heavy atom. The van der Waals surface area contributed by atoms with Gasteiger partial charge >= 0.3 is 0 Å². The fourth-order valence-corrected chi connectivity index (χ4v) is 1.60. The Hall–Kier alpha value is -1.23. The number of benzene rings is 1. The number of Topliss-reactive ketones (excluding diaryl/α,β-unsaturated/α-hetero) is 1. The van der Waals surface area contributed by atoms with Crippen molar-refractivity contribution in [3.05, 3.63) is 28.0 Å². The van der Waals surface area contributed by atoms with Crippen molar-refractivity contribution in [3.63, 3.8) is 0 Å². The summed E-state index contributed by atoms with van der Waals surface area (Å²) in [4.78, 5) is 22.0. The van der Waals surface area contributed by atoms with E-state index in [-0.39, 0.29) is 15.7 Å². The average Bonchev–Trinajstić information content (AvgIpc) is 2.38. The van der Waals surface area contributed by atoms with Crippen LogP contribution in [-0.4, -0.2) is 11.7 Å². The standard InChI is InChI=1S/C8H3BrFNO2/c9-5-4(10)2-1-3-6(5)11-8(13)7(3)12/h1-2H,(H,11,12,13). The second-order valence-corrected chi connectivity index (χ2v) is 3.36. The first-order valence-corrected chi connectivity index (χ1v) is 4.24. The van der Waals surface area contributed by atoms with Crippen LogP contribution in [0.1, 0.15) is 10.4 Å². The Morgan fingerprint density at radius 3 is 2.69 bits per heavy atom. The number of ketones is 1. The Morgan fingerprint density at radius 1 is 1.31 bits per heavy atom. The number of anilines is 1. The number of carbonyl (C=O) groups is 2. The Bertz CT molecular complexity index is 430. The first-order valence-electron chi connectivity index (χ1n) is 3.45. The van der Waals surface area contributed by atoms with E-state index in [1.54, 1.807) is 0 Å². The lowest BCUT2D eigenvalue weighted by atomic mass is 10.1. The van der Waals surface area contributed by atoms with E-state index in [0.29, 0.717) is 0 Å². The van der Waals surface area contributed by atoms with E-state index in [1.807, 2.05) is 0 Å². The third-order valence-corrected chi connectivity index (χ3v) is 2.56. The first-order chi connectivity index (χ1) is 6.11. The molecule has 1 aromatic carbocycles. The van der Waals surface area contributed by atoms with Gasteiger partial charge in [0.25, 0.3) is 11.7 Å². The van der Waals surface area contributed by atoms with Gasteiger partial charge in [0.05, 0.1) is 15.7 Å². The minimum absolute atomic E-state index is 0.115. The topological polar surface area (TPSA) is 46.2 Å². The summed E-state index contributed by atoms with van der Waals surface area (Å²) >= 11 is 2.94. The largest absolute Gasteiger partial charge is 0.317 e. The van der Waals surface area contributed by atoms with Crippen LogP contribution < -0.4 is 5.32 Å². The van der Waals surface area contributed by atoms with E-state index in [2.05, 4.69) is 21.2 Å². The lowest BCUT2D eigenvalue weighted by Crippen LogP contribution is -2.12. The zero-order valence-corrected chi connectivity index (χ0v) is 7.81. The first kappa shape index (κ1) is 8.37. The molecule has 0 aromatic heterocycles. The van der Waals surface area contributed by atoms with Gasteiger partial charge in [-0.05, 0) is 28.1 Å². The van der Waals surface area contributed by atoms with Gasteiger partial charge in [0.15, 0.2) is 0 Å². The van der Waals surface area contributed by atoms with Crippen LogP contribution in [0.3, 0.4) is 0 Å². The highest BCUT2D eigenvalue weighted by Crippen LogP contribution is 2.33. The molecule has 3 nitrogen and oxygen atoms in total. The summed E-state index contributed by atoms with van der Waals surface area (Å²) in [6, 6.07) is 2.43. The van der Waals surface area contributed by atoms with Crippen molar-refractivity contribution < 1.29 is 14.0 Å². The molecule has 0 saturated carbocycles. The summed E-state index contributed by atoms with van der Waals surface area (Å²) in [6.45, 7) is 0. The maximum atomic E-state index is 12.9. The van der Waals surface area contributed by atoms with Crippen molar-refractivity contribution >= 4 is 33.3 Å². The molecule has 0 atom stereocenters. The van der Waals surface area contributed by atoms with Crippen molar-refractivity contribution in [2.75, 3.05) is 5.32 Å². The van der Waals surface area contributed by atoms with Crippen molar-refractivity contribution in [1.29, 1.82) is 0 Å². The number of fused-ring (bicyclic) bond motifs is 1. The predicted molar refractivity (Wildman–Crippen MR) is 47.1 cm³/mol. The fraction of sp³-hybridized carbons (Fsp3) is 0. The number of rotatable bonds is 0. The van der Waals surface area contributed by atoms with Crippen LogP contribution in [0.15, 0.2) is 16.6 Å². The number of amides is 1. The molecule has 1 aromatic rings. The number of nitrogens with one attached hydrogen (secondary N) is 1. The number of carbonyl (C=O) groups excluding carboxylic acids is 2. The Kier molecular flexibility index (Phi) is 1.69. The van der Waals surface area contributed by atoms with Crippen molar-refractivity contribution in [2.45, 2.75) is 0 Å². The summed E-state index contributed by atoms with van der Waals surface area (Å²) in [5.41, 5.74) is 0.424. The monoisotopic (exact) mass is 243 g/mol. The molecule has 5 heteroatoms. The lowest BCUT2D eigenvalue weighted by Gasteiger charge is -2.00. The van der Waals surface area contributed by atoms with E-state index in [0.717, 1.165) is 6.07 Å². The van der Waals surface area contributed by atoms with E-state index in [9.17, 15) is 14.0 Å². The lowest BCUT2D eigenvalue weighted by molar-refractivity contribution is -0.112. The molecule has 66 valence electrons. The molecule has 0 unspecified atom stereocenters. The minimum Gasteiger partial charge on any atom is -0.317 e. The van der Waals surface area contributed by atoms with Crippen molar-refractivity contribution in [3.8, 4) is 0 Å². The van der Waals surface area contributed by atoms with Gasteiger partial charge in [0, 0.05) is 0 Å². The van der Waals surface area contributed by atoms with Crippen LogP contribution >= 0.6 is 15.9 Å². The third-order valence-electron chi connectivity index (χ3n) is 1.78. The maximum Gasteiger partial charge on any atom is 0.296 e.